The predicted molar refractivity (Wildman–Crippen MR) is 124 cm³/mol. The fourth-order valence-corrected chi connectivity index (χ4v) is 4.55. The lowest BCUT2D eigenvalue weighted by molar-refractivity contribution is -0.127. The van der Waals surface area contributed by atoms with Gasteiger partial charge in [0.25, 0.3) is 5.91 Å². The number of rotatable bonds is 10. The molecule has 32 heavy (non-hydrogen) atoms. The van der Waals surface area contributed by atoms with Gasteiger partial charge in [-0.05, 0) is 57.6 Å². The molecule has 2 heterocycles. The van der Waals surface area contributed by atoms with Crippen molar-refractivity contribution < 1.29 is 19.1 Å². The zero-order valence-corrected chi connectivity index (χ0v) is 20.1. The van der Waals surface area contributed by atoms with Crippen molar-refractivity contribution in [2.75, 3.05) is 47.4 Å². The SMILES string of the molecule is CCN(CC)CCCC(C)N1CC2=C(C1=O)C(c1cc(OC)ccc1OC)NC(=O)N2C. The molecule has 0 aromatic heterocycles. The van der Waals surface area contributed by atoms with E-state index in [-0.39, 0.29) is 18.0 Å². The molecule has 2 unspecified atom stereocenters. The number of carbonyl (C=O) groups is 2. The van der Waals surface area contributed by atoms with Gasteiger partial charge in [0.1, 0.15) is 11.5 Å². The van der Waals surface area contributed by atoms with E-state index in [0.29, 0.717) is 29.2 Å². The van der Waals surface area contributed by atoms with Gasteiger partial charge in [0, 0.05) is 18.7 Å². The highest BCUT2D eigenvalue weighted by Gasteiger charge is 2.44. The number of methoxy groups -OCH3 is 2. The normalized spacial score (nSPS) is 19.4. The second-order valence-corrected chi connectivity index (χ2v) is 8.36. The molecule has 0 saturated carbocycles. The summed E-state index contributed by atoms with van der Waals surface area (Å²) < 4.78 is 10.9. The van der Waals surface area contributed by atoms with Crippen LogP contribution in [0.3, 0.4) is 0 Å². The Kier molecular flexibility index (Phi) is 7.66. The Morgan fingerprint density at radius 3 is 2.53 bits per heavy atom. The van der Waals surface area contributed by atoms with E-state index in [4.69, 9.17) is 9.47 Å². The van der Waals surface area contributed by atoms with Crippen molar-refractivity contribution in [1.29, 1.82) is 0 Å². The van der Waals surface area contributed by atoms with Crippen molar-refractivity contribution in [3.63, 3.8) is 0 Å². The maximum absolute atomic E-state index is 13.6. The van der Waals surface area contributed by atoms with Gasteiger partial charge in [0.2, 0.25) is 0 Å². The van der Waals surface area contributed by atoms with Crippen LogP contribution in [0.25, 0.3) is 0 Å². The number of nitrogens with one attached hydrogen (secondary N) is 1. The number of carbonyl (C=O) groups excluding carboxylic acids is 2. The molecule has 2 atom stereocenters. The van der Waals surface area contributed by atoms with Crippen LogP contribution in [0.5, 0.6) is 11.5 Å². The van der Waals surface area contributed by atoms with Crippen molar-refractivity contribution in [3.05, 3.63) is 35.0 Å². The van der Waals surface area contributed by atoms with Crippen molar-refractivity contribution in [1.82, 2.24) is 20.0 Å². The maximum Gasteiger partial charge on any atom is 0.322 e. The zero-order chi connectivity index (χ0) is 23.4. The fraction of sp³-hybridized carbons (Fsp3) is 0.583. The average Bonchev–Trinajstić information content (AvgIpc) is 3.16. The van der Waals surface area contributed by atoms with Gasteiger partial charge in [0.05, 0.1) is 38.1 Å². The van der Waals surface area contributed by atoms with E-state index in [1.165, 1.54) is 0 Å². The van der Waals surface area contributed by atoms with Crippen LogP contribution in [0.4, 0.5) is 4.79 Å². The second kappa shape index (κ2) is 10.3. The van der Waals surface area contributed by atoms with E-state index in [0.717, 1.165) is 38.2 Å². The summed E-state index contributed by atoms with van der Waals surface area (Å²) >= 11 is 0. The van der Waals surface area contributed by atoms with Crippen molar-refractivity contribution in [3.8, 4) is 11.5 Å². The first-order chi connectivity index (χ1) is 15.4. The van der Waals surface area contributed by atoms with Gasteiger partial charge in [0.15, 0.2) is 0 Å². The molecule has 0 spiro atoms. The van der Waals surface area contributed by atoms with Gasteiger partial charge in [-0.3, -0.25) is 9.69 Å². The number of likely N-dealkylation sites (N-methyl/N-ethyl adjacent to an activating group) is 1. The lowest BCUT2D eigenvalue weighted by Gasteiger charge is -2.31. The molecular formula is C24H36N4O4. The third kappa shape index (κ3) is 4.55. The summed E-state index contributed by atoms with van der Waals surface area (Å²) in [7, 11) is 4.88. The number of hydrogen-bond donors (Lipinski definition) is 1. The number of benzene rings is 1. The molecule has 3 amide bonds. The van der Waals surface area contributed by atoms with Gasteiger partial charge >= 0.3 is 6.03 Å². The highest BCUT2D eigenvalue weighted by atomic mass is 16.5. The number of urea groups is 1. The van der Waals surface area contributed by atoms with Crippen LogP contribution in [0.1, 0.15) is 45.2 Å². The Balaban J connectivity index is 1.85. The molecule has 3 rings (SSSR count). The second-order valence-electron chi connectivity index (χ2n) is 8.36. The van der Waals surface area contributed by atoms with Crippen LogP contribution in [-0.2, 0) is 4.79 Å². The minimum Gasteiger partial charge on any atom is -0.497 e. The molecule has 8 nitrogen and oxygen atoms in total. The Labute approximate surface area is 191 Å². The molecular weight excluding hydrogens is 408 g/mol. The first-order valence-electron chi connectivity index (χ1n) is 11.4. The van der Waals surface area contributed by atoms with Gasteiger partial charge in [-0.1, -0.05) is 13.8 Å². The molecule has 0 radical (unpaired) electrons. The van der Waals surface area contributed by atoms with E-state index in [1.54, 1.807) is 38.3 Å². The summed E-state index contributed by atoms with van der Waals surface area (Å²) in [4.78, 5) is 32.2. The Morgan fingerprint density at radius 2 is 1.91 bits per heavy atom. The largest absolute Gasteiger partial charge is 0.497 e. The topological polar surface area (TPSA) is 74.4 Å². The van der Waals surface area contributed by atoms with E-state index < -0.39 is 6.04 Å². The summed E-state index contributed by atoms with van der Waals surface area (Å²) in [5, 5.41) is 2.98. The van der Waals surface area contributed by atoms with Crippen molar-refractivity contribution >= 4 is 11.9 Å². The van der Waals surface area contributed by atoms with Crippen LogP contribution in [0.2, 0.25) is 0 Å². The standard InChI is InChI=1S/C24H36N4O4/c1-7-27(8-2)13-9-10-16(3)28-15-19-21(23(28)29)22(25-24(30)26(19)4)18-14-17(31-5)11-12-20(18)32-6/h11-12,14,16,22H,7-10,13,15H2,1-6H3,(H,25,30). The highest BCUT2D eigenvalue weighted by Crippen LogP contribution is 2.40. The van der Waals surface area contributed by atoms with Crippen molar-refractivity contribution in [2.45, 2.75) is 45.7 Å². The summed E-state index contributed by atoms with van der Waals surface area (Å²) in [5.74, 6) is 1.21. The van der Waals surface area contributed by atoms with Crippen LogP contribution in [0.15, 0.2) is 29.5 Å². The summed E-state index contributed by atoms with van der Waals surface area (Å²) in [6, 6.07) is 4.69. The number of hydrogen-bond acceptors (Lipinski definition) is 5. The summed E-state index contributed by atoms with van der Waals surface area (Å²) in [6.07, 6.45) is 1.94. The van der Waals surface area contributed by atoms with Gasteiger partial charge < -0.3 is 24.6 Å². The van der Waals surface area contributed by atoms with Crippen LogP contribution >= 0.6 is 0 Å². The molecule has 1 N–H and O–H groups in total. The van der Waals surface area contributed by atoms with Gasteiger partial charge in [-0.2, -0.15) is 0 Å². The Morgan fingerprint density at radius 1 is 1.19 bits per heavy atom. The molecule has 0 fully saturated rings. The molecule has 0 bridgehead atoms. The monoisotopic (exact) mass is 444 g/mol. The smallest absolute Gasteiger partial charge is 0.322 e. The summed E-state index contributed by atoms with van der Waals surface area (Å²) in [5.41, 5.74) is 2.07. The third-order valence-electron chi connectivity index (χ3n) is 6.66. The molecule has 2 aliphatic heterocycles. The minimum atomic E-state index is -0.584. The van der Waals surface area contributed by atoms with E-state index in [1.807, 2.05) is 11.0 Å². The zero-order valence-electron chi connectivity index (χ0n) is 20.1. The maximum atomic E-state index is 13.6. The molecule has 0 saturated heterocycles. The Bertz CT molecular complexity index is 881. The molecule has 2 aliphatic rings. The van der Waals surface area contributed by atoms with Gasteiger partial charge in [-0.15, -0.1) is 0 Å². The third-order valence-corrected chi connectivity index (χ3v) is 6.66. The number of amides is 3. The van der Waals surface area contributed by atoms with E-state index >= 15 is 0 Å². The predicted octanol–water partition coefficient (Wildman–Crippen LogP) is 3.01. The number of ether oxygens (including phenoxy) is 2. The first-order valence-corrected chi connectivity index (χ1v) is 11.4. The molecule has 1 aromatic rings. The van der Waals surface area contributed by atoms with Gasteiger partial charge in [-0.25, -0.2) is 4.79 Å². The Hall–Kier alpha value is -2.74. The molecule has 0 aliphatic carbocycles. The first kappa shape index (κ1) is 23.9. The van der Waals surface area contributed by atoms with Crippen LogP contribution in [-0.4, -0.2) is 80.1 Å². The van der Waals surface area contributed by atoms with E-state index in [2.05, 4.69) is 31.0 Å². The highest BCUT2D eigenvalue weighted by molar-refractivity contribution is 6.01. The lowest BCUT2D eigenvalue weighted by atomic mass is 9.94. The quantitative estimate of drug-likeness (QED) is 0.601. The summed E-state index contributed by atoms with van der Waals surface area (Å²) in [6.45, 7) is 9.96. The molecule has 8 heteroatoms. The van der Waals surface area contributed by atoms with E-state index in [9.17, 15) is 9.59 Å². The average molecular weight is 445 g/mol. The van der Waals surface area contributed by atoms with Crippen LogP contribution in [0, 0.1) is 0 Å². The molecule has 1 aromatic carbocycles. The number of nitrogens with zero attached hydrogens (tertiary/aromatic N) is 3. The molecule has 176 valence electrons. The minimum absolute atomic E-state index is 0.0305. The van der Waals surface area contributed by atoms with Crippen LogP contribution < -0.4 is 14.8 Å². The van der Waals surface area contributed by atoms with Crippen molar-refractivity contribution in [2.24, 2.45) is 0 Å². The lowest BCUT2D eigenvalue weighted by Crippen LogP contribution is -2.45. The fourth-order valence-electron chi connectivity index (χ4n) is 4.55.